The van der Waals surface area contributed by atoms with Crippen LogP contribution in [0.2, 0.25) is 0 Å². The van der Waals surface area contributed by atoms with Crippen molar-refractivity contribution < 1.29 is 4.79 Å². The molecule has 6 nitrogen and oxygen atoms in total. The summed E-state index contributed by atoms with van der Waals surface area (Å²) in [7, 11) is 1.79. The highest BCUT2D eigenvalue weighted by molar-refractivity contribution is 5.80. The molecule has 0 spiro atoms. The monoisotopic (exact) mass is 311 g/mol. The second kappa shape index (κ2) is 9.66. The molecule has 0 bridgehead atoms. The van der Waals surface area contributed by atoms with Crippen molar-refractivity contribution in [1.29, 1.82) is 0 Å². The Balaban J connectivity index is 2.33. The third kappa shape index (κ3) is 5.83. The Hall–Kier alpha value is -1.30. The summed E-state index contributed by atoms with van der Waals surface area (Å²) in [6.45, 7) is 13.1. The molecule has 1 aliphatic heterocycles. The SMILES string of the molecule is CCC(=O)N1CCC(NC(=NC)NCCN(CC)C(C)C)C1. The lowest BCUT2D eigenvalue weighted by Gasteiger charge is -2.25. The van der Waals surface area contributed by atoms with E-state index in [-0.39, 0.29) is 5.91 Å². The third-order valence-corrected chi connectivity index (χ3v) is 4.24. The number of rotatable bonds is 7. The normalized spacial score (nSPS) is 19.1. The van der Waals surface area contributed by atoms with E-state index in [9.17, 15) is 4.79 Å². The molecular formula is C16H33N5O. The molecule has 1 unspecified atom stereocenters. The number of likely N-dealkylation sites (N-methyl/N-ethyl adjacent to an activating group) is 1. The Kier molecular flexibility index (Phi) is 8.24. The first-order valence-electron chi connectivity index (χ1n) is 8.50. The summed E-state index contributed by atoms with van der Waals surface area (Å²) >= 11 is 0. The van der Waals surface area contributed by atoms with Gasteiger partial charge in [-0.15, -0.1) is 0 Å². The third-order valence-electron chi connectivity index (χ3n) is 4.24. The second-order valence-electron chi connectivity index (χ2n) is 6.04. The van der Waals surface area contributed by atoms with Crippen LogP contribution in [0.4, 0.5) is 0 Å². The van der Waals surface area contributed by atoms with Gasteiger partial charge < -0.3 is 15.5 Å². The van der Waals surface area contributed by atoms with Gasteiger partial charge in [0.15, 0.2) is 5.96 Å². The van der Waals surface area contributed by atoms with Crippen molar-refractivity contribution in [1.82, 2.24) is 20.4 Å². The van der Waals surface area contributed by atoms with Crippen LogP contribution in [0.1, 0.15) is 40.5 Å². The van der Waals surface area contributed by atoms with Crippen LogP contribution >= 0.6 is 0 Å². The van der Waals surface area contributed by atoms with E-state index in [1.807, 2.05) is 11.8 Å². The summed E-state index contributed by atoms with van der Waals surface area (Å²) < 4.78 is 0. The number of hydrogen-bond acceptors (Lipinski definition) is 3. The van der Waals surface area contributed by atoms with Crippen LogP contribution in [0.25, 0.3) is 0 Å². The molecule has 1 aliphatic rings. The van der Waals surface area contributed by atoms with E-state index in [4.69, 9.17) is 0 Å². The molecule has 0 aromatic heterocycles. The largest absolute Gasteiger partial charge is 0.355 e. The van der Waals surface area contributed by atoms with E-state index in [1.165, 1.54) is 0 Å². The zero-order valence-electron chi connectivity index (χ0n) is 14.9. The first kappa shape index (κ1) is 18.7. The Bertz CT molecular complexity index is 370. The first-order chi connectivity index (χ1) is 10.5. The zero-order valence-corrected chi connectivity index (χ0v) is 14.9. The number of carbonyl (C=O) groups is 1. The molecular weight excluding hydrogens is 278 g/mol. The number of likely N-dealkylation sites (tertiary alicyclic amines) is 1. The van der Waals surface area contributed by atoms with E-state index in [0.717, 1.165) is 45.1 Å². The van der Waals surface area contributed by atoms with Crippen LogP contribution in [-0.4, -0.2) is 73.5 Å². The van der Waals surface area contributed by atoms with Crippen LogP contribution in [0, 0.1) is 0 Å². The molecule has 1 amide bonds. The smallest absolute Gasteiger partial charge is 0.222 e. The Morgan fingerprint density at radius 3 is 2.68 bits per heavy atom. The minimum Gasteiger partial charge on any atom is -0.355 e. The standard InChI is InChI=1S/C16H33N5O/c1-6-15(22)21-10-8-14(12-21)19-16(17-5)18-9-11-20(7-2)13(3)4/h13-14H,6-12H2,1-5H3,(H2,17,18,19). The van der Waals surface area contributed by atoms with Crippen molar-refractivity contribution in [2.45, 2.75) is 52.6 Å². The highest BCUT2D eigenvalue weighted by Gasteiger charge is 2.25. The van der Waals surface area contributed by atoms with Gasteiger partial charge in [0, 0.05) is 51.7 Å². The fourth-order valence-electron chi connectivity index (χ4n) is 2.82. The molecule has 0 radical (unpaired) electrons. The molecule has 6 heteroatoms. The van der Waals surface area contributed by atoms with Gasteiger partial charge in [0.1, 0.15) is 0 Å². The molecule has 2 N–H and O–H groups in total. The van der Waals surface area contributed by atoms with E-state index in [0.29, 0.717) is 18.5 Å². The van der Waals surface area contributed by atoms with E-state index in [1.54, 1.807) is 7.05 Å². The Morgan fingerprint density at radius 1 is 1.41 bits per heavy atom. The maximum atomic E-state index is 11.7. The van der Waals surface area contributed by atoms with Crippen LogP contribution in [0.15, 0.2) is 4.99 Å². The lowest BCUT2D eigenvalue weighted by molar-refractivity contribution is -0.129. The molecule has 1 fully saturated rings. The van der Waals surface area contributed by atoms with Gasteiger partial charge in [0.25, 0.3) is 0 Å². The molecule has 1 heterocycles. The van der Waals surface area contributed by atoms with Gasteiger partial charge in [-0.3, -0.25) is 14.7 Å². The molecule has 0 aliphatic carbocycles. The molecule has 1 rings (SSSR count). The van der Waals surface area contributed by atoms with Crippen LogP contribution in [-0.2, 0) is 4.79 Å². The van der Waals surface area contributed by atoms with Crippen LogP contribution in [0.3, 0.4) is 0 Å². The van der Waals surface area contributed by atoms with Gasteiger partial charge in [0.2, 0.25) is 5.91 Å². The van der Waals surface area contributed by atoms with Gasteiger partial charge in [-0.05, 0) is 26.8 Å². The van der Waals surface area contributed by atoms with Crippen molar-refractivity contribution in [3.63, 3.8) is 0 Å². The van der Waals surface area contributed by atoms with Gasteiger partial charge in [-0.2, -0.15) is 0 Å². The predicted octanol–water partition coefficient (Wildman–Crippen LogP) is 0.893. The summed E-state index contributed by atoms with van der Waals surface area (Å²) in [5, 5.41) is 6.79. The number of aliphatic imine (C=N–C) groups is 1. The van der Waals surface area contributed by atoms with E-state index in [2.05, 4.69) is 41.3 Å². The molecule has 1 saturated heterocycles. The number of guanidine groups is 1. The van der Waals surface area contributed by atoms with Crippen molar-refractivity contribution in [2.75, 3.05) is 39.8 Å². The molecule has 1 atom stereocenters. The zero-order chi connectivity index (χ0) is 16.5. The maximum Gasteiger partial charge on any atom is 0.222 e. The molecule has 0 aromatic rings. The minimum atomic E-state index is 0.239. The maximum absolute atomic E-state index is 11.7. The fraction of sp³-hybridized carbons (Fsp3) is 0.875. The van der Waals surface area contributed by atoms with Gasteiger partial charge in [-0.1, -0.05) is 13.8 Å². The average molecular weight is 311 g/mol. The van der Waals surface area contributed by atoms with Crippen molar-refractivity contribution in [2.24, 2.45) is 4.99 Å². The predicted molar refractivity (Wildman–Crippen MR) is 92.2 cm³/mol. The number of carbonyl (C=O) groups excluding carboxylic acids is 1. The highest BCUT2D eigenvalue weighted by Crippen LogP contribution is 2.10. The van der Waals surface area contributed by atoms with Gasteiger partial charge in [0.05, 0.1) is 0 Å². The quantitative estimate of drug-likeness (QED) is 0.541. The molecule has 0 saturated carbocycles. The Morgan fingerprint density at radius 2 is 2.14 bits per heavy atom. The minimum absolute atomic E-state index is 0.239. The summed E-state index contributed by atoms with van der Waals surface area (Å²) in [5.74, 6) is 1.07. The van der Waals surface area contributed by atoms with Crippen molar-refractivity contribution in [3.8, 4) is 0 Å². The summed E-state index contributed by atoms with van der Waals surface area (Å²) in [6, 6.07) is 0.860. The van der Waals surface area contributed by atoms with Crippen LogP contribution in [0.5, 0.6) is 0 Å². The summed E-state index contributed by atoms with van der Waals surface area (Å²) in [5.41, 5.74) is 0. The van der Waals surface area contributed by atoms with Crippen molar-refractivity contribution in [3.05, 3.63) is 0 Å². The highest BCUT2D eigenvalue weighted by atomic mass is 16.2. The average Bonchev–Trinajstić information content (AvgIpc) is 2.97. The Labute approximate surface area is 135 Å². The van der Waals surface area contributed by atoms with Gasteiger partial charge >= 0.3 is 0 Å². The number of nitrogens with zero attached hydrogens (tertiary/aromatic N) is 3. The number of hydrogen-bond donors (Lipinski definition) is 2. The van der Waals surface area contributed by atoms with E-state index < -0.39 is 0 Å². The molecule has 0 aromatic carbocycles. The lowest BCUT2D eigenvalue weighted by atomic mass is 10.3. The first-order valence-corrected chi connectivity index (χ1v) is 8.50. The van der Waals surface area contributed by atoms with E-state index >= 15 is 0 Å². The van der Waals surface area contributed by atoms with Crippen molar-refractivity contribution >= 4 is 11.9 Å². The lowest BCUT2D eigenvalue weighted by Crippen LogP contribution is -2.47. The summed E-state index contributed by atoms with van der Waals surface area (Å²) in [4.78, 5) is 20.3. The number of amides is 1. The molecule has 22 heavy (non-hydrogen) atoms. The number of nitrogens with one attached hydrogen (secondary N) is 2. The van der Waals surface area contributed by atoms with Crippen LogP contribution < -0.4 is 10.6 Å². The second-order valence-corrected chi connectivity index (χ2v) is 6.04. The fourth-order valence-corrected chi connectivity index (χ4v) is 2.82. The topological polar surface area (TPSA) is 60.0 Å². The van der Waals surface area contributed by atoms with Gasteiger partial charge in [-0.25, -0.2) is 0 Å². The molecule has 128 valence electrons. The summed E-state index contributed by atoms with van der Waals surface area (Å²) in [6.07, 6.45) is 1.57.